The molecule has 2 atom stereocenters. The van der Waals surface area contributed by atoms with Gasteiger partial charge in [-0.15, -0.1) is 0 Å². The number of benzene rings is 1. The molecule has 9 nitrogen and oxygen atoms in total. The van der Waals surface area contributed by atoms with Gasteiger partial charge in [-0.25, -0.2) is 4.79 Å². The lowest BCUT2D eigenvalue weighted by Gasteiger charge is -2.21. The molecule has 0 saturated carbocycles. The third kappa shape index (κ3) is 6.02. The zero-order valence-electron chi connectivity index (χ0n) is 16.9. The average molecular weight is 405 g/mol. The van der Waals surface area contributed by atoms with Crippen LogP contribution in [0.4, 0.5) is 4.79 Å². The minimum atomic E-state index is -1.10. The molecule has 2 rings (SSSR count). The second kappa shape index (κ2) is 10.0. The van der Waals surface area contributed by atoms with Crippen LogP contribution in [0.5, 0.6) is 0 Å². The third-order valence-electron chi connectivity index (χ3n) is 4.67. The number of imide groups is 1. The van der Waals surface area contributed by atoms with Gasteiger partial charge >= 0.3 is 12.0 Å². The standard InChI is InChI=1S/C20H27N3O6/c1-14(17(25)21-11-12-28-3)29-16(24)13-23-18(26)20(2,22-19(23)27)10-9-15-7-5-4-6-8-15/h4-8,14H,9-13H2,1-3H3,(H,21,25)(H,22,27)/t14-,20+/m1/s1. The highest BCUT2D eigenvalue weighted by Crippen LogP contribution is 2.23. The molecule has 1 aliphatic heterocycles. The molecule has 1 saturated heterocycles. The van der Waals surface area contributed by atoms with Crippen molar-refractivity contribution in [1.29, 1.82) is 0 Å². The molecule has 1 fully saturated rings. The van der Waals surface area contributed by atoms with Crippen LogP contribution in [0, 0.1) is 0 Å². The maximum Gasteiger partial charge on any atom is 0.327 e. The van der Waals surface area contributed by atoms with Crippen molar-refractivity contribution in [2.24, 2.45) is 0 Å². The van der Waals surface area contributed by atoms with Gasteiger partial charge < -0.3 is 20.1 Å². The van der Waals surface area contributed by atoms with Gasteiger partial charge in [0.25, 0.3) is 11.8 Å². The van der Waals surface area contributed by atoms with Gasteiger partial charge in [-0.05, 0) is 32.3 Å². The fourth-order valence-electron chi connectivity index (χ4n) is 2.94. The van der Waals surface area contributed by atoms with Crippen LogP contribution in [0.2, 0.25) is 0 Å². The van der Waals surface area contributed by atoms with Gasteiger partial charge in [0.1, 0.15) is 12.1 Å². The van der Waals surface area contributed by atoms with Crippen LogP contribution in [0.15, 0.2) is 30.3 Å². The molecular weight excluding hydrogens is 378 g/mol. The number of methoxy groups -OCH3 is 1. The Morgan fingerprint density at radius 1 is 1.24 bits per heavy atom. The number of carbonyl (C=O) groups excluding carboxylic acids is 4. The van der Waals surface area contributed by atoms with Gasteiger partial charge in [-0.1, -0.05) is 30.3 Å². The summed E-state index contributed by atoms with van der Waals surface area (Å²) in [6.07, 6.45) is -0.0595. The smallest absolute Gasteiger partial charge is 0.327 e. The van der Waals surface area contributed by atoms with Gasteiger partial charge in [-0.2, -0.15) is 0 Å². The minimum absolute atomic E-state index is 0.282. The maximum absolute atomic E-state index is 12.7. The fourth-order valence-corrected chi connectivity index (χ4v) is 2.94. The third-order valence-corrected chi connectivity index (χ3v) is 4.67. The van der Waals surface area contributed by atoms with Crippen LogP contribution in [-0.2, 0) is 30.3 Å². The Morgan fingerprint density at radius 2 is 1.93 bits per heavy atom. The summed E-state index contributed by atoms with van der Waals surface area (Å²) in [5.41, 5.74) is -0.0574. The van der Waals surface area contributed by atoms with Crippen LogP contribution >= 0.6 is 0 Å². The minimum Gasteiger partial charge on any atom is -0.451 e. The first kappa shape index (κ1) is 22.4. The molecule has 0 bridgehead atoms. The number of nitrogens with one attached hydrogen (secondary N) is 2. The van der Waals surface area contributed by atoms with Crippen LogP contribution in [0.25, 0.3) is 0 Å². The highest BCUT2D eigenvalue weighted by atomic mass is 16.5. The van der Waals surface area contributed by atoms with E-state index in [4.69, 9.17) is 9.47 Å². The summed E-state index contributed by atoms with van der Waals surface area (Å²) >= 11 is 0. The van der Waals surface area contributed by atoms with Gasteiger partial charge in [0.2, 0.25) is 0 Å². The lowest BCUT2D eigenvalue weighted by molar-refractivity contribution is -0.156. The number of nitrogens with zero attached hydrogens (tertiary/aromatic N) is 1. The van der Waals surface area contributed by atoms with E-state index in [0.717, 1.165) is 10.5 Å². The molecule has 9 heteroatoms. The maximum atomic E-state index is 12.7. The first-order valence-electron chi connectivity index (χ1n) is 9.41. The van der Waals surface area contributed by atoms with Gasteiger partial charge in [0.15, 0.2) is 6.10 Å². The molecule has 0 aromatic heterocycles. The Kier molecular flexibility index (Phi) is 7.72. The highest BCUT2D eigenvalue weighted by Gasteiger charge is 2.48. The molecule has 1 aliphatic rings. The molecule has 29 heavy (non-hydrogen) atoms. The van der Waals surface area contributed by atoms with E-state index in [9.17, 15) is 19.2 Å². The molecule has 158 valence electrons. The number of esters is 1. The molecule has 4 amide bonds. The van der Waals surface area contributed by atoms with Crippen molar-refractivity contribution in [1.82, 2.24) is 15.5 Å². The summed E-state index contributed by atoms with van der Waals surface area (Å²) < 4.78 is 9.86. The van der Waals surface area contributed by atoms with E-state index in [1.54, 1.807) is 6.92 Å². The highest BCUT2D eigenvalue weighted by molar-refractivity contribution is 6.08. The molecule has 1 heterocycles. The summed E-state index contributed by atoms with van der Waals surface area (Å²) in [5.74, 6) is -1.82. The van der Waals surface area contributed by atoms with E-state index >= 15 is 0 Å². The first-order chi connectivity index (χ1) is 13.8. The molecule has 1 aromatic carbocycles. The zero-order valence-corrected chi connectivity index (χ0v) is 16.9. The van der Waals surface area contributed by atoms with Crippen LogP contribution in [-0.4, -0.2) is 67.2 Å². The number of hydrogen-bond acceptors (Lipinski definition) is 6. The Morgan fingerprint density at radius 3 is 2.59 bits per heavy atom. The van der Waals surface area contributed by atoms with Crippen molar-refractivity contribution in [2.45, 2.75) is 38.3 Å². The van der Waals surface area contributed by atoms with Crippen molar-refractivity contribution in [3.8, 4) is 0 Å². The number of rotatable bonds is 10. The van der Waals surface area contributed by atoms with E-state index in [0.29, 0.717) is 19.4 Å². The average Bonchev–Trinajstić information content (AvgIpc) is 2.90. The van der Waals surface area contributed by atoms with E-state index < -0.39 is 42.0 Å². The van der Waals surface area contributed by atoms with Crippen LogP contribution in [0.1, 0.15) is 25.8 Å². The quantitative estimate of drug-likeness (QED) is 0.335. The summed E-state index contributed by atoms with van der Waals surface area (Å²) in [6, 6.07) is 8.94. The number of urea groups is 1. The summed E-state index contributed by atoms with van der Waals surface area (Å²) in [5, 5.41) is 5.20. The van der Waals surface area contributed by atoms with Crippen molar-refractivity contribution < 1.29 is 28.7 Å². The topological polar surface area (TPSA) is 114 Å². The van der Waals surface area contributed by atoms with E-state index in [1.165, 1.54) is 14.0 Å². The van der Waals surface area contributed by atoms with Gasteiger partial charge in [0.05, 0.1) is 6.61 Å². The van der Waals surface area contributed by atoms with Crippen LogP contribution in [0.3, 0.4) is 0 Å². The number of aryl methyl sites for hydroxylation is 1. The Bertz CT molecular complexity index is 754. The fraction of sp³-hybridized carbons (Fsp3) is 0.500. The number of ether oxygens (including phenoxy) is 2. The van der Waals surface area contributed by atoms with Crippen LogP contribution < -0.4 is 10.6 Å². The molecule has 0 unspecified atom stereocenters. The second-order valence-electron chi connectivity index (χ2n) is 7.06. The summed E-state index contributed by atoms with van der Waals surface area (Å²) in [4.78, 5) is 49.7. The van der Waals surface area contributed by atoms with E-state index in [-0.39, 0.29) is 6.54 Å². The largest absolute Gasteiger partial charge is 0.451 e. The molecule has 0 aliphatic carbocycles. The molecule has 0 radical (unpaired) electrons. The lowest BCUT2D eigenvalue weighted by Crippen LogP contribution is -2.45. The SMILES string of the molecule is COCCNC(=O)[C@@H](C)OC(=O)CN1C(=O)N[C@@](C)(CCc2ccccc2)C1=O. The molecule has 0 spiro atoms. The van der Waals surface area contributed by atoms with Gasteiger partial charge in [-0.3, -0.25) is 19.3 Å². The van der Waals surface area contributed by atoms with E-state index in [2.05, 4.69) is 10.6 Å². The summed E-state index contributed by atoms with van der Waals surface area (Å²) in [6.45, 7) is 3.10. The molecule has 1 aromatic rings. The normalized spacial score (nSPS) is 19.6. The Balaban J connectivity index is 1.88. The predicted octanol–water partition coefficient (Wildman–Crippen LogP) is 0.624. The second-order valence-corrected chi connectivity index (χ2v) is 7.06. The first-order valence-corrected chi connectivity index (χ1v) is 9.41. The van der Waals surface area contributed by atoms with Crippen molar-refractivity contribution in [3.05, 3.63) is 35.9 Å². The van der Waals surface area contributed by atoms with Gasteiger partial charge in [0, 0.05) is 13.7 Å². The zero-order chi connectivity index (χ0) is 21.4. The predicted molar refractivity (Wildman–Crippen MR) is 104 cm³/mol. The van der Waals surface area contributed by atoms with Crippen molar-refractivity contribution >= 4 is 23.8 Å². The Hall–Kier alpha value is -2.94. The lowest BCUT2D eigenvalue weighted by atomic mass is 9.93. The molecular formula is C20H27N3O6. The monoisotopic (exact) mass is 405 g/mol. The number of hydrogen-bond donors (Lipinski definition) is 2. The number of amides is 4. The summed E-state index contributed by atoms with van der Waals surface area (Å²) in [7, 11) is 1.50. The van der Waals surface area contributed by atoms with Crippen molar-refractivity contribution in [2.75, 3.05) is 26.8 Å². The number of carbonyl (C=O) groups is 4. The molecule has 2 N–H and O–H groups in total. The van der Waals surface area contributed by atoms with E-state index in [1.807, 2.05) is 30.3 Å². The van der Waals surface area contributed by atoms with Crippen molar-refractivity contribution in [3.63, 3.8) is 0 Å². The Labute approximate surface area is 169 Å².